The lowest BCUT2D eigenvalue weighted by atomic mass is 10.1. The summed E-state index contributed by atoms with van der Waals surface area (Å²) in [5.74, 6) is 1.16. The highest BCUT2D eigenvalue weighted by molar-refractivity contribution is 5.34. The number of nitrogens with zero attached hydrogens (tertiary/aromatic N) is 2. The largest absolute Gasteiger partial charge is 0.481 e. The molecule has 0 saturated carbocycles. The summed E-state index contributed by atoms with van der Waals surface area (Å²) in [4.78, 5) is 8.62. The van der Waals surface area contributed by atoms with E-state index in [2.05, 4.69) is 34.3 Å². The lowest BCUT2D eigenvalue weighted by molar-refractivity contribution is 0.397. The van der Waals surface area contributed by atoms with Gasteiger partial charge in [-0.2, -0.15) is 4.98 Å². The molecule has 18 heavy (non-hydrogen) atoms. The van der Waals surface area contributed by atoms with E-state index in [1.807, 2.05) is 25.1 Å². The molecule has 0 spiro atoms. The minimum absolute atomic E-state index is 0.151. The zero-order chi connectivity index (χ0) is 13.0. The molecule has 2 aromatic rings. The first-order valence-electron chi connectivity index (χ1n) is 5.90. The molecule has 0 amide bonds. The van der Waals surface area contributed by atoms with E-state index in [1.54, 1.807) is 13.2 Å². The first-order valence-corrected chi connectivity index (χ1v) is 5.90. The predicted molar refractivity (Wildman–Crippen MR) is 71.8 cm³/mol. The van der Waals surface area contributed by atoms with Crippen LogP contribution in [0.4, 0.5) is 5.95 Å². The van der Waals surface area contributed by atoms with E-state index >= 15 is 0 Å². The van der Waals surface area contributed by atoms with Crippen LogP contribution >= 0.6 is 0 Å². The molecule has 1 aromatic heterocycles. The molecule has 0 aliphatic carbocycles. The van der Waals surface area contributed by atoms with E-state index in [9.17, 15) is 0 Å². The first-order chi connectivity index (χ1) is 8.69. The van der Waals surface area contributed by atoms with Gasteiger partial charge >= 0.3 is 0 Å². The van der Waals surface area contributed by atoms with Gasteiger partial charge in [0.25, 0.3) is 0 Å². The third-order valence-electron chi connectivity index (χ3n) is 2.69. The van der Waals surface area contributed by atoms with E-state index < -0.39 is 0 Å². The fourth-order valence-electron chi connectivity index (χ4n) is 1.73. The van der Waals surface area contributed by atoms with Crippen LogP contribution in [0.2, 0.25) is 0 Å². The van der Waals surface area contributed by atoms with Crippen LogP contribution in [0, 0.1) is 6.92 Å². The maximum absolute atomic E-state index is 5.13. The van der Waals surface area contributed by atoms with Crippen molar-refractivity contribution in [1.29, 1.82) is 0 Å². The van der Waals surface area contributed by atoms with Crippen LogP contribution < -0.4 is 10.1 Å². The fourth-order valence-corrected chi connectivity index (χ4v) is 1.73. The van der Waals surface area contributed by atoms with Crippen LogP contribution in [0.3, 0.4) is 0 Å². The SMILES string of the molecule is COc1cc(C)nc(NC(C)c2ccccc2)n1. The van der Waals surface area contributed by atoms with Crippen molar-refractivity contribution in [2.24, 2.45) is 0 Å². The van der Waals surface area contributed by atoms with E-state index in [4.69, 9.17) is 4.74 Å². The molecule has 1 aromatic carbocycles. The molecule has 1 N–H and O–H groups in total. The van der Waals surface area contributed by atoms with Gasteiger partial charge in [-0.25, -0.2) is 4.98 Å². The second-order valence-corrected chi connectivity index (χ2v) is 4.15. The summed E-state index contributed by atoms with van der Waals surface area (Å²) >= 11 is 0. The second-order valence-electron chi connectivity index (χ2n) is 4.15. The van der Waals surface area contributed by atoms with Gasteiger partial charge in [0.05, 0.1) is 13.2 Å². The number of ether oxygens (including phenoxy) is 1. The third-order valence-corrected chi connectivity index (χ3v) is 2.69. The molecular formula is C14H17N3O. The molecule has 0 saturated heterocycles. The summed E-state index contributed by atoms with van der Waals surface area (Å²) in [5, 5.41) is 3.27. The van der Waals surface area contributed by atoms with Crippen LogP contribution in [-0.2, 0) is 0 Å². The van der Waals surface area contributed by atoms with E-state index in [0.29, 0.717) is 11.8 Å². The van der Waals surface area contributed by atoms with Gasteiger partial charge in [0, 0.05) is 11.8 Å². The molecule has 0 bridgehead atoms. The molecule has 1 unspecified atom stereocenters. The van der Waals surface area contributed by atoms with Crippen molar-refractivity contribution in [3.8, 4) is 5.88 Å². The molecule has 0 aliphatic heterocycles. The number of methoxy groups -OCH3 is 1. The molecule has 1 heterocycles. The maximum atomic E-state index is 5.13. The van der Waals surface area contributed by atoms with E-state index in [-0.39, 0.29) is 6.04 Å². The molecule has 2 rings (SSSR count). The van der Waals surface area contributed by atoms with Gasteiger partial charge in [-0.15, -0.1) is 0 Å². The molecule has 0 radical (unpaired) electrons. The topological polar surface area (TPSA) is 47.0 Å². The Balaban J connectivity index is 2.16. The molecule has 1 atom stereocenters. The number of hydrogen-bond donors (Lipinski definition) is 1. The van der Waals surface area contributed by atoms with Crippen LogP contribution in [0.15, 0.2) is 36.4 Å². The number of rotatable bonds is 4. The maximum Gasteiger partial charge on any atom is 0.226 e. The van der Waals surface area contributed by atoms with Crippen LogP contribution in [0.25, 0.3) is 0 Å². The van der Waals surface area contributed by atoms with Gasteiger partial charge in [-0.3, -0.25) is 0 Å². The standard InChI is InChI=1S/C14H17N3O/c1-10-9-13(18-3)17-14(15-10)16-11(2)12-7-5-4-6-8-12/h4-9,11H,1-3H3,(H,15,16,17). The van der Waals surface area contributed by atoms with Gasteiger partial charge < -0.3 is 10.1 Å². The van der Waals surface area contributed by atoms with Crippen LogP contribution in [0.5, 0.6) is 5.88 Å². The average molecular weight is 243 g/mol. The van der Waals surface area contributed by atoms with Crippen molar-refractivity contribution in [1.82, 2.24) is 9.97 Å². The highest BCUT2D eigenvalue weighted by Crippen LogP contribution is 2.18. The Kier molecular flexibility index (Phi) is 3.77. The van der Waals surface area contributed by atoms with Crippen molar-refractivity contribution in [3.63, 3.8) is 0 Å². The number of anilines is 1. The number of aromatic nitrogens is 2. The quantitative estimate of drug-likeness (QED) is 0.896. The molecular weight excluding hydrogens is 226 g/mol. The minimum Gasteiger partial charge on any atom is -0.481 e. The number of hydrogen-bond acceptors (Lipinski definition) is 4. The Labute approximate surface area is 107 Å². The van der Waals surface area contributed by atoms with Gasteiger partial charge in [0.2, 0.25) is 11.8 Å². The van der Waals surface area contributed by atoms with Crippen molar-refractivity contribution >= 4 is 5.95 Å². The highest BCUT2D eigenvalue weighted by Gasteiger charge is 2.08. The van der Waals surface area contributed by atoms with Crippen LogP contribution in [-0.4, -0.2) is 17.1 Å². The molecule has 4 heteroatoms. The molecule has 94 valence electrons. The Morgan fingerprint density at radius 2 is 1.89 bits per heavy atom. The average Bonchev–Trinajstić information content (AvgIpc) is 2.39. The van der Waals surface area contributed by atoms with Gasteiger partial charge in [0.15, 0.2) is 0 Å². The number of nitrogens with one attached hydrogen (secondary N) is 1. The summed E-state index contributed by atoms with van der Waals surface area (Å²) in [7, 11) is 1.60. The predicted octanol–water partition coefficient (Wildman–Crippen LogP) is 2.97. The van der Waals surface area contributed by atoms with E-state index in [0.717, 1.165) is 5.69 Å². The Hall–Kier alpha value is -2.10. The Morgan fingerprint density at radius 3 is 2.56 bits per heavy atom. The minimum atomic E-state index is 0.151. The van der Waals surface area contributed by atoms with Crippen molar-refractivity contribution in [2.75, 3.05) is 12.4 Å². The summed E-state index contributed by atoms with van der Waals surface area (Å²) in [5.41, 5.74) is 2.08. The zero-order valence-corrected chi connectivity index (χ0v) is 10.8. The normalized spacial score (nSPS) is 11.9. The summed E-state index contributed by atoms with van der Waals surface area (Å²) < 4.78 is 5.13. The fraction of sp³-hybridized carbons (Fsp3) is 0.286. The van der Waals surface area contributed by atoms with Gasteiger partial charge in [-0.1, -0.05) is 30.3 Å². The molecule has 0 aliphatic rings. The second kappa shape index (κ2) is 5.49. The smallest absolute Gasteiger partial charge is 0.226 e. The lowest BCUT2D eigenvalue weighted by Crippen LogP contribution is -2.10. The van der Waals surface area contributed by atoms with E-state index in [1.165, 1.54) is 5.56 Å². The van der Waals surface area contributed by atoms with Gasteiger partial charge in [-0.05, 0) is 19.4 Å². The summed E-state index contributed by atoms with van der Waals surface area (Å²) in [6.07, 6.45) is 0. The zero-order valence-electron chi connectivity index (χ0n) is 10.8. The number of benzene rings is 1. The highest BCUT2D eigenvalue weighted by atomic mass is 16.5. The van der Waals surface area contributed by atoms with Crippen molar-refractivity contribution < 1.29 is 4.74 Å². The summed E-state index contributed by atoms with van der Waals surface area (Å²) in [6.45, 7) is 4.00. The number of aryl methyl sites for hydroxylation is 1. The van der Waals surface area contributed by atoms with Crippen molar-refractivity contribution in [2.45, 2.75) is 19.9 Å². The summed E-state index contributed by atoms with van der Waals surface area (Å²) in [6, 6.07) is 12.1. The first kappa shape index (κ1) is 12.4. The molecule has 4 nitrogen and oxygen atoms in total. The Morgan fingerprint density at radius 1 is 1.17 bits per heavy atom. The third kappa shape index (κ3) is 2.97. The van der Waals surface area contributed by atoms with Gasteiger partial charge in [0.1, 0.15) is 0 Å². The van der Waals surface area contributed by atoms with Crippen molar-refractivity contribution in [3.05, 3.63) is 47.7 Å². The Bertz CT molecular complexity index is 514. The lowest BCUT2D eigenvalue weighted by Gasteiger charge is -2.14. The molecule has 0 fully saturated rings. The monoisotopic (exact) mass is 243 g/mol. The van der Waals surface area contributed by atoms with Crippen LogP contribution in [0.1, 0.15) is 24.2 Å².